The molecule has 0 aromatic carbocycles. The summed E-state index contributed by atoms with van der Waals surface area (Å²) >= 11 is 0. The van der Waals surface area contributed by atoms with Crippen molar-refractivity contribution < 1.29 is 0 Å². The molecule has 0 heterocycles. The van der Waals surface area contributed by atoms with Crippen molar-refractivity contribution in [2.45, 2.75) is 20.3 Å². The van der Waals surface area contributed by atoms with E-state index in [9.17, 15) is 0 Å². The van der Waals surface area contributed by atoms with Gasteiger partial charge in [0.05, 0.1) is 0 Å². The van der Waals surface area contributed by atoms with Crippen LogP contribution in [0.1, 0.15) is 20.3 Å². The van der Waals surface area contributed by atoms with Gasteiger partial charge in [0.1, 0.15) is 0 Å². The molecule has 0 bridgehead atoms. The second kappa shape index (κ2) is 5.72. The lowest BCUT2D eigenvalue weighted by Gasteiger charge is -1.97. The van der Waals surface area contributed by atoms with Gasteiger partial charge in [-0.1, -0.05) is 50.0 Å². The van der Waals surface area contributed by atoms with Crippen molar-refractivity contribution in [2.75, 3.05) is 0 Å². The van der Waals surface area contributed by atoms with Gasteiger partial charge in [-0.3, -0.25) is 0 Å². The van der Waals surface area contributed by atoms with Gasteiger partial charge in [-0.2, -0.15) is 0 Å². The van der Waals surface area contributed by atoms with E-state index in [0.717, 1.165) is 17.6 Å². The molecular formula is C11H16. The van der Waals surface area contributed by atoms with Crippen LogP contribution in [0.5, 0.6) is 0 Å². The minimum Gasteiger partial charge on any atom is -0.0990 e. The topological polar surface area (TPSA) is 0 Å². The average Bonchev–Trinajstić information content (AvgIpc) is 1.97. The molecule has 0 aliphatic carbocycles. The Balaban J connectivity index is 4.35. The molecule has 0 aromatic heterocycles. The van der Waals surface area contributed by atoms with Gasteiger partial charge in [-0.25, -0.2) is 0 Å². The molecule has 0 unspecified atom stereocenters. The summed E-state index contributed by atoms with van der Waals surface area (Å²) in [5.74, 6) is 0. The normalized spacial score (nSPS) is 12.0. The lowest BCUT2D eigenvalue weighted by molar-refractivity contribution is 1.22. The summed E-state index contributed by atoms with van der Waals surface area (Å²) < 4.78 is 0. The molecule has 0 aromatic rings. The molecule has 0 spiro atoms. The number of rotatable bonds is 4. The lowest BCUT2D eigenvalue weighted by atomic mass is 10.1. The third-order valence-corrected chi connectivity index (χ3v) is 1.32. The van der Waals surface area contributed by atoms with Crippen molar-refractivity contribution in [3.63, 3.8) is 0 Å². The molecule has 0 amide bonds. The fourth-order valence-electron chi connectivity index (χ4n) is 0.712. The summed E-state index contributed by atoms with van der Waals surface area (Å²) in [4.78, 5) is 0. The molecule has 0 radical (unpaired) electrons. The molecule has 0 fully saturated rings. The Hall–Kier alpha value is -1.04. The van der Waals surface area contributed by atoms with Crippen LogP contribution in [-0.2, 0) is 0 Å². The molecule has 0 nitrogen and oxygen atoms in total. The highest BCUT2D eigenvalue weighted by Crippen LogP contribution is 2.08. The Morgan fingerprint density at radius 2 is 2.09 bits per heavy atom. The van der Waals surface area contributed by atoms with Crippen molar-refractivity contribution in [2.24, 2.45) is 0 Å². The molecular weight excluding hydrogens is 132 g/mol. The molecule has 0 aliphatic heterocycles. The summed E-state index contributed by atoms with van der Waals surface area (Å²) in [6.07, 6.45) is 8.99. The predicted octanol–water partition coefficient (Wildman–Crippen LogP) is 3.64. The Kier molecular flexibility index (Phi) is 5.18. The molecule has 0 N–H and O–H groups in total. The zero-order chi connectivity index (χ0) is 8.69. The first-order chi connectivity index (χ1) is 5.22. The van der Waals surface area contributed by atoms with Crippen LogP contribution >= 0.6 is 0 Å². The van der Waals surface area contributed by atoms with E-state index in [1.165, 1.54) is 0 Å². The van der Waals surface area contributed by atoms with Crippen molar-refractivity contribution in [3.05, 3.63) is 48.6 Å². The first-order valence-electron chi connectivity index (χ1n) is 3.87. The van der Waals surface area contributed by atoms with Crippen molar-refractivity contribution in [1.29, 1.82) is 0 Å². The van der Waals surface area contributed by atoms with Crippen molar-refractivity contribution in [1.82, 2.24) is 0 Å². The quantitative estimate of drug-likeness (QED) is 0.534. The highest BCUT2D eigenvalue weighted by atomic mass is 13.9. The van der Waals surface area contributed by atoms with Gasteiger partial charge in [0.15, 0.2) is 0 Å². The van der Waals surface area contributed by atoms with Crippen LogP contribution in [0.3, 0.4) is 0 Å². The van der Waals surface area contributed by atoms with Crippen molar-refractivity contribution in [3.8, 4) is 0 Å². The largest absolute Gasteiger partial charge is 0.0990 e. The highest BCUT2D eigenvalue weighted by Gasteiger charge is 1.88. The average molecular weight is 148 g/mol. The minimum absolute atomic E-state index is 1.06. The maximum atomic E-state index is 3.86. The smallest absolute Gasteiger partial charge is 0.0237 e. The summed E-state index contributed by atoms with van der Waals surface area (Å²) in [7, 11) is 0. The Morgan fingerprint density at radius 3 is 2.45 bits per heavy atom. The van der Waals surface area contributed by atoms with Crippen LogP contribution in [0.2, 0.25) is 0 Å². The second-order valence-electron chi connectivity index (χ2n) is 2.45. The summed E-state index contributed by atoms with van der Waals surface area (Å²) in [5, 5.41) is 0. The fourth-order valence-corrected chi connectivity index (χ4v) is 0.712. The van der Waals surface area contributed by atoms with Crippen LogP contribution in [-0.4, -0.2) is 0 Å². The fraction of sp³-hybridized carbons (Fsp3) is 0.273. The van der Waals surface area contributed by atoms with E-state index >= 15 is 0 Å². The van der Waals surface area contributed by atoms with Gasteiger partial charge >= 0.3 is 0 Å². The van der Waals surface area contributed by atoms with Crippen LogP contribution in [0.25, 0.3) is 0 Å². The second-order valence-corrected chi connectivity index (χ2v) is 2.45. The Labute approximate surface area is 69.6 Å². The van der Waals surface area contributed by atoms with E-state index in [0.29, 0.717) is 0 Å². The zero-order valence-corrected chi connectivity index (χ0v) is 7.43. The Morgan fingerprint density at radius 1 is 1.45 bits per heavy atom. The van der Waals surface area contributed by atoms with Crippen LogP contribution < -0.4 is 0 Å². The van der Waals surface area contributed by atoms with Gasteiger partial charge in [0, 0.05) is 0 Å². The lowest BCUT2D eigenvalue weighted by Crippen LogP contribution is -1.77. The van der Waals surface area contributed by atoms with E-state index < -0.39 is 0 Å². The Bertz CT molecular complexity index is 192. The van der Waals surface area contributed by atoms with Crippen molar-refractivity contribution >= 4 is 0 Å². The molecule has 0 saturated carbocycles. The van der Waals surface area contributed by atoms with Crippen LogP contribution in [0.4, 0.5) is 0 Å². The third kappa shape index (κ3) is 4.38. The number of hydrogen-bond acceptors (Lipinski definition) is 0. The molecule has 0 rings (SSSR count). The zero-order valence-electron chi connectivity index (χ0n) is 7.43. The minimum atomic E-state index is 1.06. The molecule has 0 aliphatic rings. The summed E-state index contributed by atoms with van der Waals surface area (Å²) in [5.41, 5.74) is 2.23. The summed E-state index contributed by atoms with van der Waals surface area (Å²) in [6.45, 7) is 11.6. The number of allylic oxidation sites excluding steroid dienone is 6. The van der Waals surface area contributed by atoms with E-state index in [4.69, 9.17) is 0 Å². The van der Waals surface area contributed by atoms with Crippen LogP contribution in [0.15, 0.2) is 48.6 Å². The van der Waals surface area contributed by atoms with Gasteiger partial charge < -0.3 is 0 Å². The maximum Gasteiger partial charge on any atom is -0.0237 e. The SMILES string of the molecule is C=C/C=C(\C=C/CC)C(=C)C. The van der Waals surface area contributed by atoms with E-state index in [-0.39, 0.29) is 0 Å². The molecule has 0 heteroatoms. The third-order valence-electron chi connectivity index (χ3n) is 1.32. The number of hydrogen-bond donors (Lipinski definition) is 0. The maximum absolute atomic E-state index is 3.86. The van der Waals surface area contributed by atoms with E-state index in [1.807, 2.05) is 13.0 Å². The first-order valence-corrected chi connectivity index (χ1v) is 3.87. The standard InChI is InChI=1S/C11H16/c1-5-7-9-11(8-6-2)10(3)4/h6-9H,2-3,5H2,1,4H3/b9-7-,11-8+. The molecule has 0 saturated heterocycles. The molecule has 0 atom stereocenters. The van der Waals surface area contributed by atoms with Crippen LogP contribution in [0, 0.1) is 0 Å². The first kappa shape index (κ1) is 9.96. The molecule has 11 heavy (non-hydrogen) atoms. The van der Waals surface area contributed by atoms with E-state index in [2.05, 4.69) is 32.2 Å². The monoisotopic (exact) mass is 148 g/mol. The van der Waals surface area contributed by atoms with Gasteiger partial charge in [-0.05, 0) is 18.9 Å². The summed E-state index contributed by atoms with van der Waals surface area (Å²) in [6, 6.07) is 0. The van der Waals surface area contributed by atoms with Gasteiger partial charge in [-0.15, -0.1) is 0 Å². The predicted molar refractivity (Wildman–Crippen MR) is 52.5 cm³/mol. The van der Waals surface area contributed by atoms with Gasteiger partial charge in [0.2, 0.25) is 0 Å². The molecule has 60 valence electrons. The highest BCUT2D eigenvalue weighted by molar-refractivity contribution is 5.38. The van der Waals surface area contributed by atoms with E-state index in [1.54, 1.807) is 6.08 Å². The van der Waals surface area contributed by atoms with Gasteiger partial charge in [0.25, 0.3) is 0 Å².